The zero-order valence-electron chi connectivity index (χ0n) is 11.2. The Kier molecular flexibility index (Phi) is 3.61. The molecule has 2 heteroatoms. The Morgan fingerprint density at radius 3 is 2.79 bits per heavy atom. The van der Waals surface area contributed by atoms with Crippen LogP contribution in [0, 0.1) is 6.92 Å². The molecule has 1 aliphatic carbocycles. The van der Waals surface area contributed by atoms with Gasteiger partial charge in [-0.05, 0) is 60.6 Å². The van der Waals surface area contributed by atoms with Crippen LogP contribution < -0.4 is 5.32 Å². The summed E-state index contributed by atoms with van der Waals surface area (Å²) in [4.78, 5) is 0. The lowest BCUT2D eigenvalue weighted by molar-refractivity contribution is 0.911. The highest BCUT2D eigenvalue weighted by Gasteiger charge is 2.10. The summed E-state index contributed by atoms with van der Waals surface area (Å²) < 4.78 is 1.12. The number of hydrogen-bond acceptors (Lipinski definition) is 1. The van der Waals surface area contributed by atoms with Crippen LogP contribution in [0.15, 0.2) is 40.9 Å². The van der Waals surface area contributed by atoms with Gasteiger partial charge in [0, 0.05) is 16.7 Å². The van der Waals surface area contributed by atoms with Crippen LogP contribution in [0.1, 0.15) is 28.7 Å². The van der Waals surface area contributed by atoms with Gasteiger partial charge in [-0.1, -0.05) is 40.2 Å². The molecule has 3 rings (SSSR count). The van der Waals surface area contributed by atoms with E-state index in [0.29, 0.717) is 0 Å². The second-order valence-electron chi connectivity index (χ2n) is 5.27. The lowest BCUT2D eigenvalue weighted by atomic mass is 10.1. The highest BCUT2D eigenvalue weighted by Crippen LogP contribution is 2.24. The molecule has 98 valence electrons. The monoisotopic (exact) mass is 315 g/mol. The maximum absolute atomic E-state index is 3.53. The van der Waals surface area contributed by atoms with Gasteiger partial charge >= 0.3 is 0 Å². The summed E-state index contributed by atoms with van der Waals surface area (Å²) in [6.07, 6.45) is 3.82. The number of aryl methyl sites for hydroxylation is 3. The highest BCUT2D eigenvalue weighted by molar-refractivity contribution is 9.10. The summed E-state index contributed by atoms with van der Waals surface area (Å²) in [5, 5.41) is 3.53. The van der Waals surface area contributed by atoms with Crippen molar-refractivity contribution in [3.63, 3.8) is 0 Å². The molecule has 0 bridgehead atoms. The summed E-state index contributed by atoms with van der Waals surface area (Å²) in [6.45, 7) is 3.03. The normalized spacial score (nSPS) is 13.4. The molecular formula is C17H18BrN. The van der Waals surface area contributed by atoms with Gasteiger partial charge in [0.2, 0.25) is 0 Å². The Labute approximate surface area is 123 Å². The van der Waals surface area contributed by atoms with Gasteiger partial charge in [-0.25, -0.2) is 0 Å². The third-order valence-electron chi connectivity index (χ3n) is 3.85. The molecular weight excluding hydrogens is 298 g/mol. The molecule has 0 heterocycles. The molecule has 0 unspecified atom stereocenters. The molecule has 0 fully saturated rings. The van der Waals surface area contributed by atoms with Crippen molar-refractivity contribution in [3.05, 3.63) is 63.1 Å². The second kappa shape index (κ2) is 5.38. The van der Waals surface area contributed by atoms with Crippen LogP contribution in [0.3, 0.4) is 0 Å². The predicted molar refractivity (Wildman–Crippen MR) is 84.7 cm³/mol. The van der Waals surface area contributed by atoms with E-state index in [1.807, 2.05) is 0 Å². The Hall–Kier alpha value is -1.28. The van der Waals surface area contributed by atoms with Crippen molar-refractivity contribution in [2.45, 2.75) is 32.7 Å². The molecule has 0 saturated carbocycles. The standard InChI is InChI=1S/C17H18BrN/c1-12-5-8-16(18)10-17(12)19-11-13-6-7-14-3-2-4-15(14)9-13/h5-10,19H,2-4,11H2,1H3. The van der Waals surface area contributed by atoms with Crippen LogP contribution in [-0.4, -0.2) is 0 Å². The van der Waals surface area contributed by atoms with E-state index in [0.717, 1.165) is 11.0 Å². The van der Waals surface area contributed by atoms with Gasteiger partial charge in [0.15, 0.2) is 0 Å². The molecule has 19 heavy (non-hydrogen) atoms. The second-order valence-corrected chi connectivity index (χ2v) is 6.19. The van der Waals surface area contributed by atoms with Crippen LogP contribution in [-0.2, 0) is 19.4 Å². The predicted octanol–water partition coefficient (Wildman–Crippen LogP) is 4.86. The number of rotatable bonds is 3. The minimum atomic E-state index is 0.893. The van der Waals surface area contributed by atoms with E-state index in [4.69, 9.17) is 0 Å². The molecule has 1 N–H and O–H groups in total. The van der Waals surface area contributed by atoms with Gasteiger partial charge in [-0.15, -0.1) is 0 Å². The minimum absolute atomic E-state index is 0.893. The third kappa shape index (κ3) is 2.84. The van der Waals surface area contributed by atoms with Crippen LogP contribution in [0.25, 0.3) is 0 Å². The molecule has 2 aromatic carbocycles. The lowest BCUT2D eigenvalue weighted by Crippen LogP contribution is -2.01. The van der Waals surface area contributed by atoms with Crippen LogP contribution >= 0.6 is 15.9 Å². The fourth-order valence-corrected chi connectivity index (χ4v) is 3.08. The van der Waals surface area contributed by atoms with Crippen molar-refractivity contribution in [1.29, 1.82) is 0 Å². The summed E-state index contributed by atoms with van der Waals surface area (Å²) in [5.41, 5.74) is 6.95. The first-order valence-electron chi connectivity index (χ1n) is 6.83. The molecule has 0 amide bonds. The van der Waals surface area contributed by atoms with Crippen LogP contribution in [0.4, 0.5) is 5.69 Å². The average Bonchev–Trinajstić information content (AvgIpc) is 2.87. The average molecular weight is 316 g/mol. The van der Waals surface area contributed by atoms with Gasteiger partial charge in [0.05, 0.1) is 0 Å². The van der Waals surface area contributed by atoms with Crippen molar-refractivity contribution >= 4 is 21.6 Å². The Balaban J connectivity index is 1.74. The van der Waals surface area contributed by atoms with Gasteiger partial charge in [0.25, 0.3) is 0 Å². The molecule has 1 nitrogen and oxygen atoms in total. The van der Waals surface area contributed by atoms with E-state index < -0.39 is 0 Å². The first-order valence-corrected chi connectivity index (χ1v) is 7.62. The number of halogens is 1. The summed E-state index contributed by atoms with van der Waals surface area (Å²) >= 11 is 3.52. The smallest absolute Gasteiger partial charge is 0.0400 e. The van der Waals surface area contributed by atoms with E-state index >= 15 is 0 Å². The molecule has 2 aromatic rings. The maximum Gasteiger partial charge on any atom is 0.0400 e. The first kappa shape index (κ1) is 12.7. The summed E-state index contributed by atoms with van der Waals surface area (Å²) in [6, 6.07) is 13.3. The molecule has 0 saturated heterocycles. The zero-order valence-corrected chi connectivity index (χ0v) is 12.8. The van der Waals surface area contributed by atoms with E-state index in [1.54, 1.807) is 11.1 Å². The summed E-state index contributed by atoms with van der Waals surface area (Å²) in [7, 11) is 0. The zero-order chi connectivity index (χ0) is 13.2. The first-order chi connectivity index (χ1) is 9.22. The SMILES string of the molecule is Cc1ccc(Br)cc1NCc1ccc2c(c1)CCC2. The maximum atomic E-state index is 3.53. The van der Waals surface area contributed by atoms with Crippen molar-refractivity contribution in [1.82, 2.24) is 0 Å². The Morgan fingerprint density at radius 2 is 1.89 bits per heavy atom. The van der Waals surface area contributed by atoms with Crippen molar-refractivity contribution in [2.75, 3.05) is 5.32 Å². The van der Waals surface area contributed by atoms with Gasteiger partial charge < -0.3 is 5.32 Å². The Morgan fingerprint density at radius 1 is 1.05 bits per heavy atom. The topological polar surface area (TPSA) is 12.0 Å². The van der Waals surface area contributed by atoms with Gasteiger partial charge in [0.1, 0.15) is 0 Å². The number of fused-ring (bicyclic) bond motifs is 1. The van der Waals surface area contributed by atoms with Crippen molar-refractivity contribution < 1.29 is 0 Å². The van der Waals surface area contributed by atoms with Gasteiger partial charge in [-0.3, -0.25) is 0 Å². The molecule has 0 radical (unpaired) electrons. The van der Waals surface area contributed by atoms with Crippen molar-refractivity contribution in [2.24, 2.45) is 0 Å². The minimum Gasteiger partial charge on any atom is -0.381 e. The molecule has 0 spiro atoms. The fourth-order valence-electron chi connectivity index (χ4n) is 2.72. The molecule has 0 atom stereocenters. The molecule has 0 aliphatic heterocycles. The van der Waals surface area contributed by atoms with Crippen LogP contribution in [0.2, 0.25) is 0 Å². The van der Waals surface area contributed by atoms with Gasteiger partial charge in [-0.2, -0.15) is 0 Å². The van der Waals surface area contributed by atoms with Crippen LogP contribution in [0.5, 0.6) is 0 Å². The number of hydrogen-bond donors (Lipinski definition) is 1. The Bertz CT molecular complexity index is 604. The summed E-state index contributed by atoms with van der Waals surface area (Å²) in [5.74, 6) is 0. The molecule has 1 aliphatic rings. The number of anilines is 1. The molecule has 0 aromatic heterocycles. The third-order valence-corrected chi connectivity index (χ3v) is 4.34. The van der Waals surface area contributed by atoms with E-state index in [1.165, 1.54) is 36.1 Å². The largest absolute Gasteiger partial charge is 0.381 e. The van der Waals surface area contributed by atoms with E-state index in [2.05, 4.69) is 64.6 Å². The highest BCUT2D eigenvalue weighted by atomic mass is 79.9. The fraction of sp³-hybridized carbons (Fsp3) is 0.294. The van der Waals surface area contributed by atoms with Crippen molar-refractivity contribution in [3.8, 4) is 0 Å². The number of nitrogens with one attached hydrogen (secondary N) is 1. The number of benzene rings is 2. The lowest BCUT2D eigenvalue weighted by Gasteiger charge is -2.11. The van der Waals surface area contributed by atoms with E-state index in [9.17, 15) is 0 Å². The van der Waals surface area contributed by atoms with E-state index in [-0.39, 0.29) is 0 Å². The quantitative estimate of drug-likeness (QED) is 0.853.